The van der Waals surface area contributed by atoms with E-state index in [0.29, 0.717) is 5.39 Å². The summed E-state index contributed by atoms with van der Waals surface area (Å²) in [6, 6.07) is 6.57. The van der Waals surface area contributed by atoms with E-state index in [0.717, 1.165) is 33.7 Å². The minimum atomic E-state index is -0.136. The molecule has 1 fully saturated rings. The van der Waals surface area contributed by atoms with Crippen LogP contribution in [0.5, 0.6) is 0 Å². The van der Waals surface area contributed by atoms with Gasteiger partial charge in [0.05, 0.1) is 11.7 Å². The molecule has 5 nitrogen and oxygen atoms in total. The van der Waals surface area contributed by atoms with Crippen LogP contribution in [-0.2, 0) is 11.3 Å². The molecule has 6 heteroatoms. The van der Waals surface area contributed by atoms with E-state index in [9.17, 15) is 9.59 Å². The van der Waals surface area contributed by atoms with Gasteiger partial charge in [0, 0.05) is 23.5 Å². The van der Waals surface area contributed by atoms with Gasteiger partial charge in [-0.2, -0.15) is 0 Å². The first-order chi connectivity index (χ1) is 14.4. The van der Waals surface area contributed by atoms with Crippen molar-refractivity contribution < 1.29 is 4.79 Å². The van der Waals surface area contributed by atoms with Crippen molar-refractivity contribution in [2.75, 3.05) is 7.05 Å². The Morgan fingerprint density at radius 3 is 2.60 bits per heavy atom. The van der Waals surface area contributed by atoms with E-state index < -0.39 is 0 Å². The van der Waals surface area contributed by atoms with Crippen LogP contribution in [0.25, 0.3) is 21.3 Å². The van der Waals surface area contributed by atoms with Crippen LogP contribution in [0.4, 0.5) is 0 Å². The third-order valence-electron chi connectivity index (χ3n) is 6.47. The monoisotopic (exact) mass is 423 g/mol. The third kappa shape index (κ3) is 3.81. The number of benzene rings is 1. The number of carbonyl (C=O) groups is 1. The summed E-state index contributed by atoms with van der Waals surface area (Å²) in [5, 5.41) is 0.622. The molecule has 1 aliphatic carbocycles. The van der Waals surface area contributed by atoms with Crippen LogP contribution in [-0.4, -0.2) is 33.4 Å². The average Bonchev–Trinajstić information content (AvgIpc) is 3.09. The normalized spacial score (nSPS) is 14.9. The first-order valence-electron chi connectivity index (χ1n) is 10.7. The first-order valence-corrected chi connectivity index (χ1v) is 11.5. The molecule has 30 heavy (non-hydrogen) atoms. The third-order valence-corrected chi connectivity index (χ3v) is 7.48. The van der Waals surface area contributed by atoms with Gasteiger partial charge in [0.1, 0.15) is 11.4 Å². The maximum absolute atomic E-state index is 13.4. The predicted octanol–water partition coefficient (Wildman–Crippen LogP) is 4.84. The van der Waals surface area contributed by atoms with Crippen molar-refractivity contribution >= 4 is 27.5 Å². The summed E-state index contributed by atoms with van der Waals surface area (Å²) in [5.74, 6) is -0.0233. The molecule has 0 N–H and O–H groups in total. The number of nitrogens with zero attached hydrogens (tertiary/aromatic N) is 3. The molecule has 0 unspecified atom stereocenters. The molecule has 4 rings (SSSR count). The van der Waals surface area contributed by atoms with E-state index in [1.807, 2.05) is 18.9 Å². The van der Waals surface area contributed by atoms with E-state index in [4.69, 9.17) is 0 Å². The Bertz CT molecular complexity index is 1160. The summed E-state index contributed by atoms with van der Waals surface area (Å²) in [5.41, 5.74) is 4.26. The zero-order chi connectivity index (χ0) is 21.4. The van der Waals surface area contributed by atoms with Gasteiger partial charge >= 0.3 is 0 Å². The SMILES string of the molecule is Cc1ccc(-c2c(C)sc3ncn(CC(=O)N(C)C4CCCCC4)c(=O)c23)cc1C. The molecule has 1 aliphatic rings. The van der Waals surface area contributed by atoms with Crippen LogP contribution in [0.3, 0.4) is 0 Å². The predicted molar refractivity (Wildman–Crippen MR) is 123 cm³/mol. The van der Waals surface area contributed by atoms with E-state index in [2.05, 4.69) is 37.0 Å². The number of hydrogen-bond donors (Lipinski definition) is 0. The van der Waals surface area contributed by atoms with Gasteiger partial charge in [0.25, 0.3) is 5.56 Å². The highest BCUT2D eigenvalue weighted by molar-refractivity contribution is 7.19. The lowest BCUT2D eigenvalue weighted by Gasteiger charge is -2.31. The Kier molecular flexibility index (Phi) is 5.78. The van der Waals surface area contributed by atoms with Crippen molar-refractivity contribution in [2.45, 2.75) is 65.5 Å². The van der Waals surface area contributed by atoms with Gasteiger partial charge in [-0.1, -0.05) is 37.5 Å². The van der Waals surface area contributed by atoms with Crippen molar-refractivity contribution in [3.63, 3.8) is 0 Å². The summed E-state index contributed by atoms with van der Waals surface area (Å²) in [6.45, 7) is 6.23. The molecule has 0 atom stereocenters. The second kappa shape index (κ2) is 8.34. The minimum absolute atomic E-state index is 0.0233. The Labute approximate surface area is 181 Å². The lowest BCUT2D eigenvalue weighted by Crippen LogP contribution is -2.41. The van der Waals surface area contributed by atoms with Gasteiger partial charge in [-0.25, -0.2) is 4.98 Å². The molecule has 0 radical (unpaired) electrons. The second-order valence-corrected chi connectivity index (χ2v) is 9.69. The summed E-state index contributed by atoms with van der Waals surface area (Å²) in [7, 11) is 1.87. The number of thiophene rings is 1. The maximum Gasteiger partial charge on any atom is 0.263 e. The fourth-order valence-corrected chi connectivity index (χ4v) is 5.43. The maximum atomic E-state index is 13.4. The van der Waals surface area contributed by atoms with E-state index in [1.165, 1.54) is 52.6 Å². The Balaban J connectivity index is 1.70. The van der Waals surface area contributed by atoms with E-state index >= 15 is 0 Å². The number of likely N-dealkylation sites (N-methyl/N-ethyl adjacent to an activating group) is 1. The molecule has 0 bridgehead atoms. The quantitative estimate of drug-likeness (QED) is 0.603. The van der Waals surface area contributed by atoms with Crippen LogP contribution >= 0.6 is 11.3 Å². The fraction of sp³-hybridized carbons (Fsp3) is 0.458. The lowest BCUT2D eigenvalue weighted by atomic mass is 9.94. The highest BCUT2D eigenvalue weighted by Crippen LogP contribution is 2.36. The molecule has 3 aromatic rings. The van der Waals surface area contributed by atoms with Crippen molar-refractivity contribution in [1.82, 2.24) is 14.5 Å². The van der Waals surface area contributed by atoms with Gasteiger partial charge < -0.3 is 4.90 Å². The Morgan fingerprint density at radius 2 is 1.90 bits per heavy atom. The van der Waals surface area contributed by atoms with Crippen LogP contribution in [0.15, 0.2) is 29.3 Å². The van der Waals surface area contributed by atoms with Crippen molar-refractivity contribution in [2.24, 2.45) is 0 Å². The molecular formula is C24H29N3O2S. The zero-order valence-electron chi connectivity index (χ0n) is 18.2. The molecule has 0 aliphatic heterocycles. The lowest BCUT2D eigenvalue weighted by molar-refractivity contribution is -0.133. The summed E-state index contributed by atoms with van der Waals surface area (Å²) in [6.07, 6.45) is 7.21. The van der Waals surface area contributed by atoms with Crippen molar-refractivity contribution in [3.8, 4) is 11.1 Å². The Hall–Kier alpha value is -2.47. The van der Waals surface area contributed by atoms with E-state index in [-0.39, 0.29) is 24.1 Å². The van der Waals surface area contributed by atoms with Crippen LogP contribution in [0.2, 0.25) is 0 Å². The molecule has 158 valence electrons. The minimum Gasteiger partial charge on any atom is -0.341 e. The fourth-order valence-electron chi connectivity index (χ4n) is 4.42. The standard InChI is InChI=1S/C24H29N3O2S/c1-15-10-11-18(12-16(15)2)21-17(3)30-23-22(21)24(29)27(14-25-23)13-20(28)26(4)19-8-6-5-7-9-19/h10-12,14,19H,5-9,13H2,1-4H3. The summed E-state index contributed by atoms with van der Waals surface area (Å²) in [4.78, 5) is 34.4. The molecule has 2 aromatic heterocycles. The number of fused-ring (bicyclic) bond motifs is 1. The van der Waals surface area contributed by atoms with Gasteiger partial charge in [-0.15, -0.1) is 11.3 Å². The summed E-state index contributed by atoms with van der Waals surface area (Å²) < 4.78 is 1.47. The van der Waals surface area contributed by atoms with Crippen molar-refractivity contribution in [1.29, 1.82) is 0 Å². The number of aromatic nitrogens is 2. The highest BCUT2D eigenvalue weighted by Gasteiger charge is 2.23. The second-order valence-electron chi connectivity index (χ2n) is 8.49. The zero-order valence-corrected chi connectivity index (χ0v) is 19.0. The van der Waals surface area contributed by atoms with Gasteiger partial charge in [0.15, 0.2) is 0 Å². The van der Waals surface area contributed by atoms with Crippen molar-refractivity contribution in [3.05, 3.63) is 50.9 Å². The number of rotatable bonds is 4. The number of carbonyl (C=O) groups excluding carboxylic acids is 1. The largest absolute Gasteiger partial charge is 0.341 e. The van der Waals surface area contributed by atoms with E-state index in [1.54, 1.807) is 0 Å². The smallest absolute Gasteiger partial charge is 0.263 e. The number of hydrogen-bond acceptors (Lipinski definition) is 4. The molecule has 1 saturated carbocycles. The van der Waals surface area contributed by atoms with Gasteiger partial charge in [-0.3, -0.25) is 14.2 Å². The van der Waals surface area contributed by atoms with Crippen LogP contribution in [0.1, 0.15) is 48.1 Å². The van der Waals surface area contributed by atoms with Gasteiger partial charge in [0.2, 0.25) is 5.91 Å². The Morgan fingerprint density at radius 1 is 1.17 bits per heavy atom. The topological polar surface area (TPSA) is 55.2 Å². The first kappa shape index (κ1) is 20.8. The number of amides is 1. The average molecular weight is 424 g/mol. The van der Waals surface area contributed by atoms with Crippen LogP contribution in [0, 0.1) is 20.8 Å². The van der Waals surface area contributed by atoms with Gasteiger partial charge in [-0.05, 0) is 50.3 Å². The highest BCUT2D eigenvalue weighted by atomic mass is 32.1. The molecule has 1 aromatic carbocycles. The number of aryl methyl sites for hydroxylation is 3. The molecule has 2 heterocycles. The molecular weight excluding hydrogens is 394 g/mol. The summed E-state index contributed by atoms with van der Waals surface area (Å²) >= 11 is 1.53. The molecule has 0 saturated heterocycles. The van der Waals surface area contributed by atoms with Crippen LogP contribution < -0.4 is 5.56 Å². The molecule has 1 amide bonds. The molecule has 0 spiro atoms.